The number of anilines is 2. The van der Waals surface area contributed by atoms with Gasteiger partial charge >= 0.3 is 0 Å². The van der Waals surface area contributed by atoms with Gasteiger partial charge in [0.15, 0.2) is 0 Å². The van der Waals surface area contributed by atoms with Crippen LogP contribution in [0.4, 0.5) is 11.4 Å². The molecule has 4 aliphatic carbocycles. The number of rotatable bonds is 4. The van der Waals surface area contributed by atoms with Crippen LogP contribution in [-0.4, -0.2) is 6.04 Å². The number of benzene rings is 7. The molecule has 0 aliphatic heterocycles. The minimum Gasteiger partial charge on any atom is -0.334 e. The summed E-state index contributed by atoms with van der Waals surface area (Å²) in [7, 11) is 0. The number of hydrogen-bond acceptors (Lipinski definition) is 1. The molecule has 252 valence electrons. The van der Waals surface area contributed by atoms with Crippen molar-refractivity contribution in [3.8, 4) is 33.4 Å². The highest BCUT2D eigenvalue weighted by Crippen LogP contribution is 2.64. The first-order chi connectivity index (χ1) is 26.1. The van der Waals surface area contributed by atoms with Gasteiger partial charge < -0.3 is 4.90 Å². The molecule has 1 spiro atoms. The zero-order valence-electron chi connectivity index (χ0n) is 30.1. The van der Waals surface area contributed by atoms with Crippen molar-refractivity contribution < 1.29 is 0 Å². The van der Waals surface area contributed by atoms with Gasteiger partial charge in [0, 0.05) is 16.8 Å². The van der Waals surface area contributed by atoms with Crippen LogP contribution in [0.3, 0.4) is 0 Å². The molecule has 1 atom stereocenters. The summed E-state index contributed by atoms with van der Waals surface area (Å²) in [6.45, 7) is 4.78. The predicted molar refractivity (Wildman–Crippen MR) is 221 cm³/mol. The molecule has 1 heteroatoms. The number of nitrogens with zero attached hydrogens (tertiary/aromatic N) is 1. The second-order valence-corrected chi connectivity index (χ2v) is 15.6. The zero-order chi connectivity index (χ0) is 35.3. The maximum atomic E-state index is 2.67. The monoisotopic (exact) mass is 677 g/mol. The van der Waals surface area contributed by atoms with E-state index in [-0.39, 0.29) is 11.5 Å². The van der Waals surface area contributed by atoms with Crippen molar-refractivity contribution >= 4 is 16.9 Å². The summed E-state index contributed by atoms with van der Waals surface area (Å²) >= 11 is 0. The van der Waals surface area contributed by atoms with Crippen molar-refractivity contribution in [2.24, 2.45) is 0 Å². The second-order valence-electron chi connectivity index (χ2n) is 15.6. The minimum atomic E-state index is -0.400. The Hall–Kier alpha value is -6.18. The number of allylic oxidation sites excluding steroid dienone is 2. The molecule has 0 heterocycles. The van der Waals surface area contributed by atoms with E-state index in [1.165, 1.54) is 89.3 Å². The van der Waals surface area contributed by atoms with Gasteiger partial charge in [0.2, 0.25) is 0 Å². The fourth-order valence-electron chi connectivity index (χ4n) is 10.4. The lowest BCUT2D eigenvalue weighted by atomic mass is 9.66. The molecule has 0 aromatic heterocycles. The van der Waals surface area contributed by atoms with Crippen LogP contribution >= 0.6 is 0 Å². The first kappa shape index (κ1) is 30.4. The van der Waals surface area contributed by atoms with E-state index in [4.69, 9.17) is 0 Å². The third-order valence-corrected chi connectivity index (χ3v) is 12.7. The molecule has 0 amide bonds. The molecule has 0 saturated heterocycles. The van der Waals surface area contributed by atoms with Crippen molar-refractivity contribution in [2.45, 2.75) is 37.1 Å². The molecule has 0 bridgehead atoms. The fraction of sp³-hybridized carbons (Fsp3) is 0.115. The van der Waals surface area contributed by atoms with E-state index in [1.807, 2.05) is 0 Å². The van der Waals surface area contributed by atoms with Gasteiger partial charge in [-0.15, -0.1) is 0 Å². The van der Waals surface area contributed by atoms with Crippen LogP contribution in [0.2, 0.25) is 0 Å². The second kappa shape index (κ2) is 11.2. The van der Waals surface area contributed by atoms with Crippen molar-refractivity contribution in [1.82, 2.24) is 0 Å². The molecule has 0 N–H and O–H groups in total. The number of hydrogen-bond donors (Lipinski definition) is 0. The van der Waals surface area contributed by atoms with Crippen molar-refractivity contribution in [3.63, 3.8) is 0 Å². The zero-order valence-corrected chi connectivity index (χ0v) is 30.1. The molecule has 11 rings (SSSR count). The quantitative estimate of drug-likeness (QED) is 0.179. The Morgan fingerprint density at radius 2 is 0.943 bits per heavy atom. The summed E-state index contributed by atoms with van der Waals surface area (Å²) in [5.41, 5.74) is 21.0. The van der Waals surface area contributed by atoms with Gasteiger partial charge in [-0.3, -0.25) is 0 Å². The van der Waals surface area contributed by atoms with Crippen LogP contribution in [0.1, 0.15) is 53.6 Å². The average molecular weight is 678 g/mol. The molecular formula is C52H39N. The van der Waals surface area contributed by atoms with Crippen molar-refractivity contribution in [1.29, 1.82) is 0 Å². The molecule has 0 radical (unpaired) electrons. The molecular weight excluding hydrogens is 639 g/mol. The Morgan fingerprint density at radius 3 is 1.60 bits per heavy atom. The third kappa shape index (κ3) is 4.08. The standard InChI is InChI=1S/C52H39N/c1-51(2)44-22-10-6-17-38(44)42-32-31-37(33-48(42)51)53(36-29-27-35(28-30-36)34-15-4-3-5-16-34)49-26-14-21-43-41-20-9-13-25-47(41)52(50(43)49)45-23-11-7-18-39(45)40-19-8-12-24-46(40)52/h3-25,27-33,49H,26H2,1-2H3. The number of fused-ring (bicyclic) bond motifs is 12. The molecule has 4 aliphatic rings. The summed E-state index contributed by atoms with van der Waals surface area (Å²) in [4.78, 5) is 2.67. The minimum absolute atomic E-state index is 0.0640. The SMILES string of the molecule is CC1(C)c2ccccc2-c2ccc(N(c3ccc(-c4ccccc4)cc3)C3CC=CC4=C3C3(c5ccccc54)c4ccccc4-c4ccccc43)cc21. The molecule has 1 nitrogen and oxygen atoms in total. The van der Waals surface area contributed by atoms with Crippen molar-refractivity contribution in [2.75, 3.05) is 4.90 Å². The first-order valence-corrected chi connectivity index (χ1v) is 19.0. The highest BCUT2D eigenvalue weighted by molar-refractivity contribution is 5.98. The smallest absolute Gasteiger partial charge is 0.0708 e. The Morgan fingerprint density at radius 1 is 0.453 bits per heavy atom. The van der Waals surface area contributed by atoms with Gasteiger partial charge in [-0.1, -0.05) is 172 Å². The molecule has 0 fully saturated rings. The highest BCUT2D eigenvalue weighted by Gasteiger charge is 2.55. The van der Waals surface area contributed by atoms with E-state index in [2.05, 4.69) is 201 Å². The van der Waals surface area contributed by atoms with Gasteiger partial charge in [-0.25, -0.2) is 0 Å². The largest absolute Gasteiger partial charge is 0.334 e. The summed E-state index contributed by atoms with van der Waals surface area (Å²) in [5, 5.41) is 0. The van der Waals surface area contributed by atoms with E-state index >= 15 is 0 Å². The van der Waals surface area contributed by atoms with Crippen LogP contribution in [0, 0.1) is 0 Å². The summed E-state index contributed by atoms with van der Waals surface area (Å²) in [6, 6.07) is 63.9. The lowest BCUT2D eigenvalue weighted by Gasteiger charge is -2.43. The Labute approximate surface area is 312 Å². The van der Waals surface area contributed by atoms with E-state index in [9.17, 15) is 0 Å². The van der Waals surface area contributed by atoms with Gasteiger partial charge in [0.05, 0.1) is 11.5 Å². The molecule has 7 aromatic rings. The Bertz CT molecular complexity index is 2630. The summed E-state index contributed by atoms with van der Waals surface area (Å²) < 4.78 is 0. The highest BCUT2D eigenvalue weighted by atomic mass is 15.2. The van der Waals surface area contributed by atoms with Crippen LogP contribution in [0.5, 0.6) is 0 Å². The molecule has 7 aromatic carbocycles. The van der Waals surface area contributed by atoms with E-state index in [1.54, 1.807) is 0 Å². The predicted octanol–water partition coefficient (Wildman–Crippen LogP) is 12.9. The van der Waals surface area contributed by atoms with Gasteiger partial charge in [0.1, 0.15) is 0 Å². The van der Waals surface area contributed by atoms with E-state index < -0.39 is 5.41 Å². The van der Waals surface area contributed by atoms with E-state index in [0.717, 1.165) is 6.42 Å². The normalized spacial score (nSPS) is 17.5. The van der Waals surface area contributed by atoms with Gasteiger partial charge in [-0.2, -0.15) is 0 Å². The molecule has 53 heavy (non-hydrogen) atoms. The lowest BCUT2D eigenvalue weighted by molar-refractivity contribution is 0.632. The van der Waals surface area contributed by atoms with Crippen LogP contribution in [0.15, 0.2) is 188 Å². The summed E-state index contributed by atoms with van der Waals surface area (Å²) in [5.74, 6) is 0. The van der Waals surface area contributed by atoms with Crippen LogP contribution in [0.25, 0.3) is 39.0 Å². The van der Waals surface area contributed by atoms with Crippen LogP contribution < -0.4 is 4.90 Å². The summed E-state index contributed by atoms with van der Waals surface area (Å²) in [6.07, 6.45) is 5.74. The van der Waals surface area contributed by atoms with Gasteiger partial charge in [0.25, 0.3) is 0 Å². The first-order valence-electron chi connectivity index (χ1n) is 19.0. The third-order valence-electron chi connectivity index (χ3n) is 12.7. The van der Waals surface area contributed by atoms with Gasteiger partial charge in [-0.05, 0) is 109 Å². The lowest BCUT2D eigenvalue weighted by Crippen LogP contribution is -2.42. The van der Waals surface area contributed by atoms with Crippen LogP contribution in [-0.2, 0) is 10.8 Å². The topological polar surface area (TPSA) is 3.24 Å². The molecule has 0 saturated carbocycles. The Kier molecular flexibility index (Phi) is 6.41. The average Bonchev–Trinajstić information content (AvgIpc) is 3.78. The fourth-order valence-corrected chi connectivity index (χ4v) is 10.4. The van der Waals surface area contributed by atoms with E-state index in [0.29, 0.717) is 0 Å². The maximum Gasteiger partial charge on any atom is 0.0708 e. The maximum absolute atomic E-state index is 2.67. The Balaban J connectivity index is 1.17. The van der Waals surface area contributed by atoms with Crippen molar-refractivity contribution in [3.05, 3.63) is 221 Å². The molecule has 1 unspecified atom stereocenters.